The predicted molar refractivity (Wildman–Crippen MR) is 150 cm³/mol. The van der Waals surface area contributed by atoms with Gasteiger partial charge in [-0.1, -0.05) is 13.0 Å². The van der Waals surface area contributed by atoms with Crippen molar-refractivity contribution in [3.05, 3.63) is 98.4 Å². The Bertz CT molecular complexity index is 1650. The third-order valence-electron chi connectivity index (χ3n) is 7.08. The zero-order chi connectivity index (χ0) is 27.8. The number of Topliss-reactive ketones (excluding diaryl/α,β-unsaturated/α-hetero) is 1. The van der Waals surface area contributed by atoms with Gasteiger partial charge in [0.15, 0.2) is 22.7 Å². The van der Waals surface area contributed by atoms with E-state index in [2.05, 4.69) is 0 Å². The number of hydrogen-bond acceptors (Lipinski definition) is 6. The Morgan fingerprint density at radius 1 is 0.923 bits per heavy atom. The van der Waals surface area contributed by atoms with Crippen LogP contribution in [0.15, 0.2) is 63.8 Å². The summed E-state index contributed by atoms with van der Waals surface area (Å²) in [5, 5.41) is 0.427. The number of fused-ring (bicyclic) bond motifs is 2. The number of hydrogen-bond donors (Lipinski definition) is 0. The van der Waals surface area contributed by atoms with Crippen LogP contribution in [0.25, 0.3) is 11.0 Å². The van der Waals surface area contributed by atoms with Crippen LogP contribution >= 0.6 is 0 Å². The van der Waals surface area contributed by atoms with Gasteiger partial charge in [-0.05, 0) is 99.3 Å². The summed E-state index contributed by atoms with van der Waals surface area (Å²) in [6.45, 7) is 10.2. The summed E-state index contributed by atoms with van der Waals surface area (Å²) < 4.78 is 17.9. The molecule has 2 heterocycles. The molecule has 1 atom stereocenters. The molecule has 0 aliphatic carbocycles. The summed E-state index contributed by atoms with van der Waals surface area (Å²) in [4.78, 5) is 41.4. The number of anilines is 1. The van der Waals surface area contributed by atoms with Gasteiger partial charge in [0.05, 0.1) is 30.2 Å². The first-order valence-electron chi connectivity index (χ1n) is 13.2. The van der Waals surface area contributed by atoms with Gasteiger partial charge in [-0.2, -0.15) is 0 Å². The van der Waals surface area contributed by atoms with Crippen molar-refractivity contribution in [3.63, 3.8) is 0 Å². The highest BCUT2D eigenvalue weighted by Crippen LogP contribution is 2.43. The summed E-state index contributed by atoms with van der Waals surface area (Å²) in [5.41, 5.74) is 4.08. The van der Waals surface area contributed by atoms with Crippen LogP contribution in [-0.2, 0) is 0 Å². The molecule has 4 aromatic rings. The maximum absolute atomic E-state index is 14.0. The number of benzene rings is 3. The molecule has 0 fully saturated rings. The highest BCUT2D eigenvalue weighted by atomic mass is 16.5. The van der Waals surface area contributed by atoms with Crippen molar-refractivity contribution in [1.29, 1.82) is 0 Å². The fourth-order valence-corrected chi connectivity index (χ4v) is 4.96. The van der Waals surface area contributed by atoms with E-state index in [9.17, 15) is 14.4 Å². The maximum Gasteiger partial charge on any atom is 0.295 e. The van der Waals surface area contributed by atoms with E-state index in [4.69, 9.17) is 13.9 Å². The molecule has 0 radical (unpaired) electrons. The second-order valence-electron chi connectivity index (χ2n) is 9.78. The van der Waals surface area contributed by atoms with E-state index in [-0.39, 0.29) is 22.5 Å². The lowest BCUT2D eigenvalue weighted by Gasteiger charge is -2.26. The van der Waals surface area contributed by atoms with E-state index < -0.39 is 11.9 Å². The Balaban J connectivity index is 1.75. The Labute approximate surface area is 227 Å². The number of ketones is 1. The topological polar surface area (TPSA) is 86.0 Å². The van der Waals surface area contributed by atoms with Gasteiger partial charge < -0.3 is 13.9 Å². The van der Waals surface area contributed by atoms with Crippen molar-refractivity contribution in [2.75, 3.05) is 18.1 Å². The Morgan fingerprint density at radius 3 is 2.31 bits per heavy atom. The Hall–Kier alpha value is -4.39. The number of nitrogens with zero attached hydrogens (tertiary/aromatic N) is 1. The standard InChI is InChI=1S/C32H31NO6/c1-6-14-38-25-13-10-22(17-27(25)37-7-2)29-28-30(35)24-15-18(3)19(4)16-26(24)39-31(28)32(36)33(29)23-11-8-21(9-12-23)20(5)34/h8-13,15-17,29H,6-7,14H2,1-5H3. The molecule has 1 aliphatic heterocycles. The number of carbonyl (C=O) groups excluding carboxylic acids is 2. The quantitative estimate of drug-likeness (QED) is 0.243. The molecule has 0 bridgehead atoms. The van der Waals surface area contributed by atoms with Crippen LogP contribution in [0.4, 0.5) is 5.69 Å². The van der Waals surface area contributed by atoms with E-state index in [0.717, 1.165) is 17.5 Å². The lowest BCUT2D eigenvalue weighted by atomic mass is 9.96. The first kappa shape index (κ1) is 26.2. The molecule has 5 rings (SSSR count). The number of ether oxygens (including phenoxy) is 2. The fraction of sp³-hybridized carbons (Fsp3) is 0.281. The number of carbonyl (C=O) groups is 2. The number of aryl methyl sites for hydroxylation is 2. The van der Waals surface area contributed by atoms with Crippen molar-refractivity contribution in [2.45, 2.75) is 47.1 Å². The van der Waals surface area contributed by atoms with Crippen molar-refractivity contribution in [3.8, 4) is 11.5 Å². The highest BCUT2D eigenvalue weighted by molar-refractivity contribution is 6.11. The molecule has 39 heavy (non-hydrogen) atoms. The lowest BCUT2D eigenvalue weighted by Crippen LogP contribution is -2.29. The van der Waals surface area contributed by atoms with Crippen LogP contribution in [0.2, 0.25) is 0 Å². The van der Waals surface area contributed by atoms with Crippen LogP contribution in [0, 0.1) is 13.8 Å². The van der Waals surface area contributed by atoms with Crippen molar-refractivity contribution < 1.29 is 23.5 Å². The molecule has 0 spiro atoms. The van der Waals surface area contributed by atoms with Crippen molar-refractivity contribution in [2.24, 2.45) is 0 Å². The number of amides is 1. The summed E-state index contributed by atoms with van der Waals surface area (Å²) in [5.74, 6) is 0.647. The zero-order valence-electron chi connectivity index (χ0n) is 22.8. The molecule has 1 aromatic heterocycles. The largest absolute Gasteiger partial charge is 0.490 e. The van der Waals surface area contributed by atoms with Gasteiger partial charge in [0.2, 0.25) is 5.76 Å². The average Bonchev–Trinajstić information content (AvgIpc) is 3.21. The zero-order valence-corrected chi connectivity index (χ0v) is 22.8. The first-order valence-corrected chi connectivity index (χ1v) is 13.2. The van der Waals surface area contributed by atoms with Gasteiger partial charge >= 0.3 is 0 Å². The molecule has 7 heteroatoms. The third-order valence-corrected chi connectivity index (χ3v) is 7.08. The van der Waals surface area contributed by atoms with Crippen molar-refractivity contribution in [1.82, 2.24) is 0 Å². The van der Waals surface area contributed by atoms with Crippen LogP contribution in [0.1, 0.15) is 76.4 Å². The molecule has 1 unspecified atom stereocenters. The SMILES string of the molecule is CCCOc1ccc(C2c3c(oc4cc(C)c(C)cc4c3=O)C(=O)N2c2ccc(C(C)=O)cc2)cc1OCC. The van der Waals surface area contributed by atoms with Crippen LogP contribution in [0.5, 0.6) is 11.5 Å². The molecule has 0 saturated carbocycles. The minimum atomic E-state index is -0.766. The van der Waals surface area contributed by atoms with Crippen LogP contribution < -0.4 is 19.8 Å². The fourth-order valence-electron chi connectivity index (χ4n) is 4.96. The summed E-state index contributed by atoms with van der Waals surface area (Å²) >= 11 is 0. The van der Waals surface area contributed by atoms with E-state index >= 15 is 0 Å². The Kier molecular flexibility index (Phi) is 7.00. The molecule has 3 aromatic carbocycles. The molecule has 200 valence electrons. The van der Waals surface area contributed by atoms with Gasteiger partial charge in [0.25, 0.3) is 5.91 Å². The normalized spacial score (nSPS) is 14.5. The smallest absolute Gasteiger partial charge is 0.295 e. The predicted octanol–water partition coefficient (Wildman–Crippen LogP) is 6.55. The van der Waals surface area contributed by atoms with E-state index in [1.54, 1.807) is 35.2 Å². The molecular formula is C32H31NO6. The summed E-state index contributed by atoms with van der Waals surface area (Å²) in [6, 6.07) is 15.1. The number of rotatable bonds is 8. The molecule has 1 aliphatic rings. The first-order chi connectivity index (χ1) is 18.7. The van der Waals surface area contributed by atoms with Gasteiger partial charge in [-0.25, -0.2) is 0 Å². The van der Waals surface area contributed by atoms with Gasteiger partial charge in [0.1, 0.15) is 5.58 Å². The highest BCUT2D eigenvalue weighted by Gasteiger charge is 2.44. The van der Waals surface area contributed by atoms with Gasteiger partial charge in [-0.3, -0.25) is 19.3 Å². The third kappa shape index (κ3) is 4.58. The van der Waals surface area contributed by atoms with Crippen molar-refractivity contribution >= 4 is 28.3 Å². The monoisotopic (exact) mass is 525 g/mol. The molecule has 0 saturated heterocycles. The Morgan fingerprint density at radius 2 is 1.64 bits per heavy atom. The van der Waals surface area contributed by atoms with E-state index in [1.165, 1.54) is 6.92 Å². The van der Waals surface area contributed by atoms with Crippen LogP contribution in [-0.4, -0.2) is 24.9 Å². The minimum Gasteiger partial charge on any atom is -0.490 e. The molecule has 7 nitrogen and oxygen atoms in total. The van der Waals surface area contributed by atoms with Crippen LogP contribution in [0.3, 0.4) is 0 Å². The maximum atomic E-state index is 14.0. The average molecular weight is 526 g/mol. The lowest BCUT2D eigenvalue weighted by molar-refractivity contribution is 0.0970. The van der Waals surface area contributed by atoms with Gasteiger partial charge in [-0.15, -0.1) is 0 Å². The molecule has 0 N–H and O–H groups in total. The molecule has 1 amide bonds. The second-order valence-corrected chi connectivity index (χ2v) is 9.78. The molecular weight excluding hydrogens is 494 g/mol. The van der Waals surface area contributed by atoms with Gasteiger partial charge in [0, 0.05) is 11.3 Å². The minimum absolute atomic E-state index is 0.0145. The van der Waals surface area contributed by atoms with E-state index in [1.807, 2.05) is 52.0 Å². The second kappa shape index (κ2) is 10.4. The summed E-state index contributed by atoms with van der Waals surface area (Å²) in [7, 11) is 0. The van der Waals surface area contributed by atoms with E-state index in [0.29, 0.717) is 52.5 Å². The summed E-state index contributed by atoms with van der Waals surface area (Å²) in [6.07, 6.45) is 0.842.